The van der Waals surface area contributed by atoms with E-state index in [0.717, 1.165) is 24.3 Å². The van der Waals surface area contributed by atoms with E-state index in [-0.39, 0.29) is 6.04 Å². The molecule has 0 aliphatic carbocycles. The van der Waals surface area contributed by atoms with Crippen LogP contribution in [-0.2, 0) is 6.42 Å². The number of ether oxygens (including phenoxy) is 1. The Kier molecular flexibility index (Phi) is 3.60. The molecule has 0 saturated heterocycles. The number of fused-ring (bicyclic) bond motifs is 1. The molecule has 0 fully saturated rings. The Morgan fingerprint density at radius 1 is 1.10 bits per heavy atom. The average Bonchev–Trinajstić information content (AvgIpc) is 2.48. The van der Waals surface area contributed by atoms with Crippen LogP contribution in [0, 0.1) is 13.8 Å². The van der Waals surface area contributed by atoms with Gasteiger partial charge in [-0.15, -0.1) is 0 Å². The zero-order chi connectivity index (χ0) is 15.0. The number of aromatic hydroxyl groups is 1. The first-order chi connectivity index (χ1) is 10.1. The van der Waals surface area contributed by atoms with Gasteiger partial charge in [-0.2, -0.15) is 0 Å². The highest BCUT2D eigenvalue weighted by molar-refractivity contribution is 5.49. The van der Waals surface area contributed by atoms with Crippen molar-refractivity contribution in [3.8, 4) is 11.5 Å². The number of nitrogens with one attached hydrogen (secondary N) is 1. The predicted molar refractivity (Wildman–Crippen MR) is 84.1 cm³/mol. The van der Waals surface area contributed by atoms with Crippen LogP contribution in [0.5, 0.6) is 11.5 Å². The molecule has 1 aliphatic heterocycles. The molecule has 0 spiro atoms. The van der Waals surface area contributed by atoms with Crippen LogP contribution in [0.4, 0.5) is 0 Å². The van der Waals surface area contributed by atoms with Crippen molar-refractivity contribution in [2.75, 3.05) is 13.7 Å². The minimum atomic E-state index is 0.180. The van der Waals surface area contributed by atoms with Gasteiger partial charge >= 0.3 is 0 Å². The van der Waals surface area contributed by atoms with Crippen molar-refractivity contribution in [3.63, 3.8) is 0 Å². The first-order valence-corrected chi connectivity index (χ1v) is 7.30. The van der Waals surface area contributed by atoms with E-state index in [4.69, 9.17) is 4.74 Å². The molecule has 2 aromatic carbocycles. The second-order valence-corrected chi connectivity index (χ2v) is 5.70. The summed E-state index contributed by atoms with van der Waals surface area (Å²) in [5.41, 5.74) is 6.12. The van der Waals surface area contributed by atoms with Gasteiger partial charge < -0.3 is 15.2 Å². The number of hydrogen-bond donors (Lipinski definition) is 2. The Morgan fingerprint density at radius 2 is 1.90 bits per heavy atom. The number of phenolic OH excluding ortho intramolecular Hbond substituents is 1. The molecule has 1 heterocycles. The number of methoxy groups -OCH3 is 1. The van der Waals surface area contributed by atoms with E-state index in [1.54, 1.807) is 13.2 Å². The van der Waals surface area contributed by atoms with Crippen LogP contribution in [0.2, 0.25) is 0 Å². The molecule has 2 N–H and O–H groups in total. The normalized spacial score (nSPS) is 17.4. The van der Waals surface area contributed by atoms with Gasteiger partial charge in [0, 0.05) is 6.54 Å². The van der Waals surface area contributed by atoms with Gasteiger partial charge in [-0.05, 0) is 66.3 Å². The van der Waals surface area contributed by atoms with Crippen LogP contribution in [0.25, 0.3) is 0 Å². The van der Waals surface area contributed by atoms with Crippen molar-refractivity contribution in [2.24, 2.45) is 0 Å². The van der Waals surface area contributed by atoms with Gasteiger partial charge in [-0.3, -0.25) is 0 Å². The number of rotatable bonds is 2. The lowest BCUT2D eigenvalue weighted by atomic mass is 9.87. The summed E-state index contributed by atoms with van der Waals surface area (Å²) in [6.07, 6.45) is 0.953. The fraction of sp³-hybridized carbons (Fsp3) is 0.333. The monoisotopic (exact) mass is 283 g/mol. The molecular weight excluding hydrogens is 262 g/mol. The van der Waals surface area contributed by atoms with Crippen LogP contribution < -0.4 is 10.1 Å². The Morgan fingerprint density at radius 3 is 2.67 bits per heavy atom. The van der Waals surface area contributed by atoms with E-state index in [0.29, 0.717) is 5.75 Å². The third-order valence-corrected chi connectivity index (χ3v) is 4.27. The van der Waals surface area contributed by atoms with E-state index in [9.17, 15) is 5.11 Å². The minimum absolute atomic E-state index is 0.180. The van der Waals surface area contributed by atoms with E-state index in [1.165, 1.54) is 22.3 Å². The zero-order valence-corrected chi connectivity index (χ0v) is 12.7. The van der Waals surface area contributed by atoms with Crippen LogP contribution in [0.15, 0.2) is 30.3 Å². The summed E-state index contributed by atoms with van der Waals surface area (Å²) in [4.78, 5) is 0. The fourth-order valence-corrected chi connectivity index (χ4v) is 3.17. The molecule has 0 saturated carbocycles. The third-order valence-electron chi connectivity index (χ3n) is 4.27. The molecule has 21 heavy (non-hydrogen) atoms. The van der Waals surface area contributed by atoms with E-state index in [1.807, 2.05) is 12.1 Å². The highest BCUT2D eigenvalue weighted by atomic mass is 16.5. The molecule has 1 unspecified atom stereocenters. The minimum Gasteiger partial charge on any atom is -0.508 e. The summed E-state index contributed by atoms with van der Waals surface area (Å²) in [7, 11) is 1.71. The lowest BCUT2D eigenvalue weighted by molar-refractivity contribution is 0.411. The molecular formula is C18H21NO2. The first-order valence-electron chi connectivity index (χ1n) is 7.30. The predicted octanol–water partition coefficient (Wildman–Crippen LogP) is 3.25. The average molecular weight is 283 g/mol. The summed E-state index contributed by atoms with van der Waals surface area (Å²) in [6, 6.07) is 10.2. The molecule has 1 aliphatic rings. The fourth-order valence-electron chi connectivity index (χ4n) is 3.17. The van der Waals surface area contributed by atoms with Crippen molar-refractivity contribution >= 4 is 0 Å². The number of aryl methyl sites for hydroxylation is 2. The number of benzene rings is 2. The van der Waals surface area contributed by atoms with Gasteiger partial charge in [0.25, 0.3) is 0 Å². The van der Waals surface area contributed by atoms with Gasteiger partial charge in [0.05, 0.1) is 13.2 Å². The summed E-state index contributed by atoms with van der Waals surface area (Å²) >= 11 is 0. The van der Waals surface area contributed by atoms with Crippen LogP contribution in [-0.4, -0.2) is 18.8 Å². The van der Waals surface area contributed by atoms with Crippen molar-refractivity contribution in [1.82, 2.24) is 5.32 Å². The van der Waals surface area contributed by atoms with E-state index in [2.05, 4.69) is 31.3 Å². The molecule has 0 bridgehead atoms. The Hall–Kier alpha value is -2.00. The molecule has 110 valence electrons. The van der Waals surface area contributed by atoms with Gasteiger partial charge in [0.1, 0.15) is 11.5 Å². The SMILES string of the molecule is COc1cc(C)c(C2NCCc3cc(O)ccc32)cc1C. The van der Waals surface area contributed by atoms with Crippen molar-refractivity contribution in [2.45, 2.75) is 26.3 Å². The van der Waals surface area contributed by atoms with E-state index >= 15 is 0 Å². The van der Waals surface area contributed by atoms with Crippen LogP contribution >= 0.6 is 0 Å². The smallest absolute Gasteiger partial charge is 0.122 e. The molecule has 0 radical (unpaired) electrons. The second kappa shape index (κ2) is 5.41. The Bertz CT molecular complexity index is 679. The summed E-state index contributed by atoms with van der Waals surface area (Å²) in [5, 5.41) is 13.3. The summed E-state index contributed by atoms with van der Waals surface area (Å²) in [5.74, 6) is 1.27. The van der Waals surface area contributed by atoms with Gasteiger partial charge in [-0.25, -0.2) is 0 Å². The third kappa shape index (κ3) is 2.49. The zero-order valence-electron chi connectivity index (χ0n) is 12.7. The standard InChI is InChI=1S/C18H21NO2/c1-11-9-17(21-3)12(2)8-16(11)18-15-5-4-14(20)10-13(15)6-7-19-18/h4-5,8-10,18-20H,6-7H2,1-3H3. The maximum absolute atomic E-state index is 9.68. The second-order valence-electron chi connectivity index (χ2n) is 5.70. The van der Waals surface area contributed by atoms with Gasteiger partial charge in [-0.1, -0.05) is 12.1 Å². The van der Waals surface area contributed by atoms with Gasteiger partial charge in [0.15, 0.2) is 0 Å². The quantitative estimate of drug-likeness (QED) is 0.889. The topological polar surface area (TPSA) is 41.5 Å². The number of phenols is 1. The van der Waals surface area contributed by atoms with Gasteiger partial charge in [0.2, 0.25) is 0 Å². The van der Waals surface area contributed by atoms with Crippen molar-refractivity contribution in [3.05, 3.63) is 58.1 Å². The maximum Gasteiger partial charge on any atom is 0.122 e. The number of hydrogen-bond acceptors (Lipinski definition) is 3. The molecule has 2 aromatic rings. The maximum atomic E-state index is 9.68. The van der Waals surface area contributed by atoms with Crippen molar-refractivity contribution < 1.29 is 9.84 Å². The van der Waals surface area contributed by atoms with Crippen molar-refractivity contribution in [1.29, 1.82) is 0 Å². The molecule has 3 nitrogen and oxygen atoms in total. The first kappa shape index (κ1) is 14.0. The Labute approximate surface area is 125 Å². The van der Waals surface area contributed by atoms with Crippen LogP contribution in [0.3, 0.4) is 0 Å². The lowest BCUT2D eigenvalue weighted by Crippen LogP contribution is -2.31. The summed E-state index contributed by atoms with van der Waals surface area (Å²) < 4.78 is 5.40. The summed E-state index contributed by atoms with van der Waals surface area (Å²) in [6.45, 7) is 5.11. The molecule has 0 amide bonds. The van der Waals surface area contributed by atoms with E-state index < -0.39 is 0 Å². The van der Waals surface area contributed by atoms with Crippen LogP contribution in [0.1, 0.15) is 33.9 Å². The highest BCUT2D eigenvalue weighted by Crippen LogP contribution is 2.34. The highest BCUT2D eigenvalue weighted by Gasteiger charge is 2.23. The molecule has 3 heteroatoms. The molecule has 1 atom stereocenters. The molecule has 3 rings (SSSR count). The largest absolute Gasteiger partial charge is 0.508 e. The molecule has 0 aromatic heterocycles. The lowest BCUT2D eigenvalue weighted by Gasteiger charge is -2.29. The Balaban J connectivity index is 2.09.